The lowest BCUT2D eigenvalue weighted by Crippen LogP contribution is -2.04. The van der Waals surface area contributed by atoms with Crippen molar-refractivity contribution in [3.8, 4) is 16.9 Å². The Morgan fingerprint density at radius 1 is 1.05 bits per heavy atom. The van der Waals surface area contributed by atoms with Gasteiger partial charge in [0.05, 0.1) is 5.56 Å². The van der Waals surface area contributed by atoms with Gasteiger partial charge < -0.3 is 5.11 Å². The maximum absolute atomic E-state index is 12.7. The Kier molecular flexibility index (Phi) is 3.53. The standard InChI is InChI=1S/C15H11F3O2/c1-9(19)10-3-2-4-11(5-10)12-6-13(15(16,17)18)8-14(20)7-12/h2-8,20H,1H3. The van der Waals surface area contributed by atoms with E-state index < -0.39 is 17.5 Å². The van der Waals surface area contributed by atoms with Crippen molar-refractivity contribution in [1.29, 1.82) is 0 Å². The first-order chi connectivity index (χ1) is 9.27. The maximum Gasteiger partial charge on any atom is 0.416 e. The molecule has 20 heavy (non-hydrogen) atoms. The van der Waals surface area contributed by atoms with Crippen LogP contribution in [0.1, 0.15) is 22.8 Å². The van der Waals surface area contributed by atoms with Crippen LogP contribution in [0.15, 0.2) is 42.5 Å². The van der Waals surface area contributed by atoms with E-state index in [1.54, 1.807) is 18.2 Å². The third-order valence-corrected chi connectivity index (χ3v) is 2.85. The lowest BCUT2D eigenvalue weighted by molar-refractivity contribution is -0.137. The highest BCUT2D eigenvalue weighted by Crippen LogP contribution is 2.35. The summed E-state index contributed by atoms with van der Waals surface area (Å²) in [6.45, 7) is 1.38. The Morgan fingerprint density at radius 3 is 2.35 bits per heavy atom. The summed E-state index contributed by atoms with van der Waals surface area (Å²) < 4.78 is 38.1. The van der Waals surface area contributed by atoms with Crippen molar-refractivity contribution in [3.05, 3.63) is 53.6 Å². The molecule has 104 valence electrons. The van der Waals surface area contributed by atoms with E-state index in [9.17, 15) is 23.1 Å². The van der Waals surface area contributed by atoms with E-state index in [2.05, 4.69) is 0 Å². The van der Waals surface area contributed by atoms with Gasteiger partial charge in [0.1, 0.15) is 5.75 Å². The van der Waals surface area contributed by atoms with Gasteiger partial charge in [-0.2, -0.15) is 13.2 Å². The summed E-state index contributed by atoms with van der Waals surface area (Å²) in [5.74, 6) is -0.647. The van der Waals surface area contributed by atoms with Crippen molar-refractivity contribution in [3.63, 3.8) is 0 Å². The molecular weight excluding hydrogens is 269 g/mol. The monoisotopic (exact) mass is 280 g/mol. The van der Waals surface area contributed by atoms with Crippen LogP contribution in [0.3, 0.4) is 0 Å². The van der Waals surface area contributed by atoms with E-state index in [0.717, 1.165) is 6.07 Å². The lowest BCUT2D eigenvalue weighted by Gasteiger charge is -2.10. The minimum Gasteiger partial charge on any atom is -0.508 e. The number of halogens is 3. The normalized spacial score (nSPS) is 11.4. The molecule has 0 aliphatic heterocycles. The third kappa shape index (κ3) is 2.99. The lowest BCUT2D eigenvalue weighted by atomic mass is 9.99. The predicted molar refractivity (Wildman–Crippen MR) is 68.5 cm³/mol. The van der Waals surface area contributed by atoms with Crippen LogP contribution in [0.4, 0.5) is 13.2 Å². The zero-order valence-corrected chi connectivity index (χ0v) is 10.5. The summed E-state index contributed by atoms with van der Waals surface area (Å²) >= 11 is 0. The number of hydrogen-bond donors (Lipinski definition) is 1. The topological polar surface area (TPSA) is 37.3 Å². The van der Waals surface area contributed by atoms with E-state index in [-0.39, 0.29) is 11.3 Å². The molecule has 2 aromatic carbocycles. The minimum absolute atomic E-state index is 0.178. The zero-order chi connectivity index (χ0) is 14.9. The largest absolute Gasteiger partial charge is 0.508 e. The SMILES string of the molecule is CC(=O)c1cccc(-c2cc(O)cc(C(F)(F)F)c2)c1. The molecule has 0 atom stereocenters. The number of ketones is 1. The van der Waals surface area contributed by atoms with Crippen LogP contribution >= 0.6 is 0 Å². The van der Waals surface area contributed by atoms with E-state index in [0.29, 0.717) is 17.2 Å². The summed E-state index contributed by atoms with van der Waals surface area (Å²) in [5, 5.41) is 9.43. The van der Waals surface area contributed by atoms with Crippen molar-refractivity contribution < 1.29 is 23.1 Å². The maximum atomic E-state index is 12.7. The fourth-order valence-corrected chi connectivity index (χ4v) is 1.86. The molecule has 0 amide bonds. The van der Waals surface area contributed by atoms with E-state index in [1.807, 2.05) is 0 Å². The number of alkyl halides is 3. The molecule has 0 unspecified atom stereocenters. The Labute approximate surface area is 113 Å². The number of hydrogen-bond acceptors (Lipinski definition) is 2. The average Bonchev–Trinajstić information content (AvgIpc) is 2.37. The van der Waals surface area contributed by atoms with Gasteiger partial charge in [0.2, 0.25) is 0 Å². The van der Waals surface area contributed by atoms with Gasteiger partial charge in [0.25, 0.3) is 0 Å². The Morgan fingerprint density at radius 2 is 1.75 bits per heavy atom. The molecular formula is C15H11F3O2. The Hall–Kier alpha value is -2.30. The van der Waals surface area contributed by atoms with Gasteiger partial charge in [-0.3, -0.25) is 4.79 Å². The number of carbonyl (C=O) groups is 1. The average molecular weight is 280 g/mol. The molecule has 2 rings (SSSR count). The van der Waals surface area contributed by atoms with Gasteiger partial charge in [-0.1, -0.05) is 18.2 Å². The van der Waals surface area contributed by atoms with Crippen LogP contribution in [0.25, 0.3) is 11.1 Å². The van der Waals surface area contributed by atoms with Gasteiger partial charge in [0.15, 0.2) is 5.78 Å². The van der Waals surface area contributed by atoms with Gasteiger partial charge >= 0.3 is 6.18 Å². The number of phenolic OH excluding ortho intramolecular Hbond substituents is 1. The number of aromatic hydroxyl groups is 1. The fraction of sp³-hybridized carbons (Fsp3) is 0.133. The second-order valence-corrected chi connectivity index (χ2v) is 4.40. The highest BCUT2D eigenvalue weighted by Gasteiger charge is 2.31. The Balaban J connectivity index is 2.55. The van der Waals surface area contributed by atoms with Crippen molar-refractivity contribution in [2.45, 2.75) is 13.1 Å². The van der Waals surface area contributed by atoms with Crippen LogP contribution in [-0.2, 0) is 6.18 Å². The van der Waals surface area contributed by atoms with Crippen molar-refractivity contribution in [2.75, 3.05) is 0 Å². The van der Waals surface area contributed by atoms with Crippen LogP contribution in [0.5, 0.6) is 5.75 Å². The van der Waals surface area contributed by atoms with E-state index >= 15 is 0 Å². The van der Waals surface area contributed by atoms with Gasteiger partial charge in [-0.15, -0.1) is 0 Å². The summed E-state index contributed by atoms with van der Waals surface area (Å²) in [5.41, 5.74) is 0.125. The van der Waals surface area contributed by atoms with Crippen LogP contribution < -0.4 is 0 Å². The molecule has 0 saturated carbocycles. The van der Waals surface area contributed by atoms with Crippen molar-refractivity contribution >= 4 is 5.78 Å². The van der Waals surface area contributed by atoms with Crippen LogP contribution in [0, 0.1) is 0 Å². The van der Waals surface area contributed by atoms with E-state index in [1.165, 1.54) is 19.1 Å². The number of carbonyl (C=O) groups excluding carboxylic acids is 1. The summed E-state index contributed by atoms with van der Waals surface area (Å²) in [7, 11) is 0. The number of benzene rings is 2. The molecule has 0 heterocycles. The highest BCUT2D eigenvalue weighted by molar-refractivity contribution is 5.95. The fourth-order valence-electron chi connectivity index (χ4n) is 1.86. The zero-order valence-electron chi connectivity index (χ0n) is 10.5. The molecule has 0 spiro atoms. The predicted octanol–water partition coefficient (Wildman–Crippen LogP) is 4.28. The number of phenols is 1. The minimum atomic E-state index is -4.54. The number of Topliss-reactive ketones (excluding diaryl/α,β-unsaturated/α-hetero) is 1. The Bertz CT molecular complexity index is 660. The van der Waals surface area contributed by atoms with Gasteiger partial charge in [-0.05, 0) is 42.3 Å². The molecule has 1 N–H and O–H groups in total. The second-order valence-electron chi connectivity index (χ2n) is 4.40. The molecule has 0 aliphatic carbocycles. The van der Waals surface area contributed by atoms with Gasteiger partial charge in [0, 0.05) is 5.56 Å². The summed E-state index contributed by atoms with van der Waals surface area (Å²) in [4.78, 5) is 11.3. The second kappa shape index (κ2) is 5.00. The molecule has 0 fully saturated rings. The molecule has 0 radical (unpaired) electrons. The first-order valence-corrected chi connectivity index (χ1v) is 5.80. The summed E-state index contributed by atoms with van der Waals surface area (Å²) in [6, 6.07) is 9.09. The molecule has 2 nitrogen and oxygen atoms in total. The van der Waals surface area contributed by atoms with Crippen molar-refractivity contribution in [2.24, 2.45) is 0 Å². The summed E-state index contributed by atoms with van der Waals surface area (Å²) in [6.07, 6.45) is -4.54. The first-order valence-electron chi connectivity index (χ1n) is 5.80. The smallest absolute Gasteiger partial charge is 0.416 e. The molecule has 0 aliphatic rings. The van der Waals surface area contributed by atoms with Crippen molar-refractivity contribution in [1.82, 2.24) is 0 Å². The number of rotatable bonds is 2. The first kappa shape index (κ1) is 14.1. The molecule has 0 aromatic heterocycles. The van der Waals surface area contributed by atoms with E-state index in [4.69, 9.17) is 0 Å². The molecule has 5 heteroatoms. The third-order valence-electron chi connectivity index (χ3n) is 2.85. The quantitative estimate of drug-likeness (QED) is 0.834. The van der Waals surface area contributed by atoms with Crippen LogP contribution in [0.2, 0.25) is 0 Å². The molecule has 0 bridgehead atoms. The highest BCUT2D eigenvalue weighted by atomic mass is 19.4. The molecule has 2 aromatic rings. The van der Waals surface area contributed by atoms with Gasteiger partial charge in [-0.25, -0.2) is 0 Å². The molecule has 0 saturated heterocycles. The van der Waals surface area contributed by atoms with Crippen LogP contribution in [-0.4, -0.2) is 10.9 Å².